The number of benzene rings is 1. The molecular formula is C28H24N8O. The van der Waals surface area contributed by atoms with Crippen molar-refractivity contribution < 1.29 is 5.11 Å². The van der Waals surface area contributed by atoms with E-state index in [1.807, 2.05) is 48.7 Å². The van der Waals surface area contributed by atoms with Crippen LogP contribution in [0.25, 0.3) is 56.0 Å². The van der Waals surface area contributed by atoms with Crippen molar-refractivity contribution in [2.75, 3.05) is 5.32 Å². The predicted molar refractivity (Wildman–Crippen MR) is 142 cm³/mol. The van der Waals surface area contributed by atoms with Gasteiger partial charge in [0.2, 0.25) is 0 Å². The first-order valence-corrected chi connectivity index (χ1v) is 12.4. The van der Waals surface area contributed by atoms with Crippen LogP contribution < -0.4 is 5.32 Å². The molecule has 37 heavy (non-hydrogen) atoms. The summed E-state index contributed by atoms with van der Waals surface area (Å²) in [7, 11) is 0. The highest BCUT2D eigenvalue weighted by Crippen LogP contribution is 2.33. The van der Waals surface area contributed by atoms with Gasteiger partial charge < -0.3 is 15.4 Å². The van der Waals surface area contributed by atoms with Crippen molar-refractivity contribution in [2.45, 2.75) is 25.5 Å². The smallest absolute Gasteiger partial charge is 0.178 e. The molecule has 1 aromatic carbocycles. The Labute approximate surface area is 212 Å². The van der Waals surface area contributed by atoms with E-state index in [0.717, 1.165) is 57.3 Å². The second-order valence-electron chi connectivity index (χ2n) is 9.43. The Morgan fingerprint density at radius 1 is 0.973 bits per heavy atom. The van der Waals surface area contributed by atoms with Gasteiger partial charge in [-0.1, -0.05) is 18.6 Å². The largest absolute Gasteiger partial charge is 0.374 e. The lowest BCUT2D eigenvalue weighted by atomic mass is 9.84. The molecule has 5 aromatic heterocycles. The highest BCUT2D eigenvalue weighted by molar-refractivity contribution is 5.97. The van der Waals surface area contributed by atoms with Crippen LogP contribution in [0.5, 0.6) is 0 Å². The summed E-state index contributed by atoms with van der Waals surface area (Å²) < 4.78 is 0. The second kappa shape index (κ2) is 8.79. The van der Waals surface area contributed by atoms with Crippen molar-refractivity contribution in [3.63, 3.8) is 0 Å². The molecule has 1 aliphatic rings. The summed E-state index contributed by atoms with van der Waals surface area (Å²) in [4.78, 5) is 21.5. The third-order valence-corrected chi connectivity index (χ3v) is 7.10. The lowest BCUT2D eigenvalue weighted by Crippen LogP contribution is -2.33. The fraction of sp³-hybridized carbons (Fsp3) is 0.179. The van der Waals surface area contributed by atoms with E-state index in [9.17, 15) is 5.11 Å². The molecule has 1 atom stereocenters. The van der Waals surface area contributed by atoms with Crippen LogP contribution in [0.3, 0.4) is 0 Å². The van der Waals surface area contributed by atoms with Crippen molar-refractivity contribution in [1.82, 2.24) is 35.1 Å². The molecule has 1 saturated carbocycles. The zero-order chi connectivity index (χ0) is 24.8. The van der Waals surface area contributed by atoms with Crippen LogP contribution >= 0.6 is 0 Å². The summed E-state index contributed by atoms with van der Waals surface area (Å²) in [6.07, 6.45) is 9.83. The third-order valence-electron chi connectivity index (χ3n) is 7.10. The maximum Gasteiger partial charge on any atom is 0.178 e. The number of nitrogens with zero attached hydrogens (tertiary/aromatic N) is 5. The number of anilines is 1. The minimum Gasteiger partial charge on any atom is -0.374 e. The number of nitrogens with one attached hydrogen (secondary N) is 3. The maximum absolute atomic E-state index is 10.4. The van der Waals surface area contributed by atoms with E-state index in [1.54, 1.807) is 18.6 Å². The van der Waals surface area contributed by atoms with E-state index < -0.39 is 6.23 Å². The van der Waals surface area contributed by atoms with E-state index in [2.05, 4.69) is 41.5 Å². The Bertz CT molecular complexity index is 1720. The molecular weight excluding hydrogens is 464 g/mol. The molecule has 4 N–H and O–H groups in total. The third kappa shape index (κ3) is 3.89. The van der Waals surface area contributed by atoms with Crippen LogP contribution in [0.2, 0.25) is 0 Å². The van der Waals surface area contributed by atoms with Gasteiger partial charge in [-0.25, -0.2) is 9.97 Å². The van der Waals surface area contributed by atoms with E-state index in [4.69, 9.17) is 4.98 Å². The molecule has 0 spiro atoms. The molecule has 5 heterocycles. The molecule has 1 aliphatic carbocycles. The molecule has 0 amide bonds. The Hall–Kier alpha value is -4.63. The van der Waals surface area contributed by atoms with Crippen LogP contribution in [0.15, 0.2) is 73.3 Å². The summed E-state index contributed by atoms with van der Waals surface area (Å²) in [6, 6.07) is 15.9. The van der Waals surface area contributed by atoms with E-state index in [-0.39, 0.29) is 0 Å². The summed E-state index contributed by atoms with van der Waals surface area (Å²) in [6.45, 7) is 0. The van der Waals surface area contributed by atoms with Crippen molar-refractivity contribution >= 4 is 27.8 Å². The molecule has 1 unspecified atom stereocenters. The molecule has 9 nitrogen and oxygen atoms in total. The summed E-state index contributed by atoms with van der Waals surface area (Å²) in [5.74, 6) is 0.941. The van der Waals surface area contributed by atoms with Gasteiger partial charge in [0.05, 0.1) is 28.6 Å². The van der Waals surface area contributed by atoms with E-state index in [1.165, 1.54) is 6.42 Å². The van der Waals surface area contributed by atoms with Crippen molar-refractivity contribution in [3.8, 4) is 33.9 Å². The molecule has 0 saturated heterocycles. The minimum atomic E-state index is -0.550. The molecule has 7 rings (SSSR count). The van der Waals surface area contributed by atoms with Gasteiger partial charge in [0.15, 0.2) is 11.5 Å². The first kappa shape index (κ1) is 21.6. The number of aromatic nitrogens is 7. The summed E-state index contributed by atoms with van der Waals surface area (Å²) in [5, 5.41) is 22.3. The van der Waals surface area contributed by atoms with Gasteiger partial charge in [-0.2, -0.15) is 5.10 Å². The minimum absolute atomic E-state index is 0.310. The number of fused-ring (bicyclic) bond motifs is 2. The average molecular weight is 489 g/mol. The number of hydrogen-bond donors (Lipinski definition) is 4. The van der Waals surface area contributed by atoms with E-state index in [0.29, 0.717) is 23.1 Å². The van der Waals surface area contributed by atoms with Crippen LogP contribution in [0, 0.1) is 5.92 Å². The van der Waals surface area contributed by atoms with Crippen LogP contribution in [-0.4, -0.2) is 46.5 Å². The van der Waals surface area contributed by atoms with Crippen molar-refractivity contribution in [1.29, 1.82) is 0 Å². The first-order valence-electron chi connectivity index (χ1n) is 12.4. The molecule has 182 valence electrons. The van der Waals surface area contributed by atoms with Crippen LogP contribution in [0.1, 0.15) is 19.3 Å². The van der Waals surface area contributed by atoms with Gasteiger partial charge in [0.25, 0.3) is 0 Å². The van der Waals surface area contributed by atoms with Gasteiger partial charge in [0, 0.05) is 41.0 Å². The molecule has 0 radical (unpaired) electrons. The lowest BCUT2D eigenvalue weighted by Gasteiger charge is -2.31. The number of imidazole rings is 1. The van der Waals surface area contributed by atoms with Gasteiger partial charge in [0.1, 0.15) is 11.9 Å². The number of aliphatic hydroxyl groups is 1. The maximum atomic E-state index is 10.4. The fourth-order valence-electron chi connectivity index (χ4n) is 4.85. The average Bonchev–Trinajstić information content (AvgIpc) is 3.52. The Morgan fingerprint density at radius 3 is 2.76 bits per heavy atom. The normalized spacial score (nSPS) is 14.6. The highest BCUT2D eigenvalue weighted by atomic mass is 16.3. The predicted octanol–water partition coefficient (Wildman–Crippen LogP) is 5.16. The quantitative estimate of drug-likeness (QED) is 0.239. The Kier molecular flexibility index (Phi) is 5.14. The number of aromatic amines is 2. The topological polar surface area (TPSA) is 128 Å². The molecule has 0 bridgehead atoms. The standard InChI is InChI=1S/C28H24N8O/c37-28(16-4-3-5-16)32-19-12-18(14-29-15-19)17-7-8-23-21(13-17)25(36-35-23)27-33-24-20(9-11-31-26(24)34-27)22-6-1-2-10-30-22/h1-2,6-16,28,32,37H,3-5H2,(H,35,36)(H,31,33,34). The monoisotopic (exact) mass is 488 g/mol. The number of rotatable bonds is 6. The van der Waals surface area contributed by atoms with Gasteiger partial charge in [-0.05, 0) is 54.8 Å². The number of pyridine rings is 3. The summed E-state index contributed by atoms with van der Waals surface area (Å²) in [5.41, 5.74) is 7.57. The molecule has 1 fully saturated rings. The van der Waals surface area contributed by atoms with Crippen molar-refractivity contribution in [2.24, 2.45) is 5.92 Å². The number of H-pyrrole nitrogens is 2. The summed E-state index contributed by atoms with van der Waals surface area (Å²) >= 11 is 0. The Morgan fingerprint density at radius 2 is 1.92 bits per heavy atom. The SMILES string of the molecule is OC(Nc1cncc(-c2ccc3[nH]nc(-c4nc5nccc(-c6ccccn6)c5[nH]4)c3c2)c1)C1CCC1. The lowest BCUT2D eigenvalue weighted by molar-refractivity contribution is 0.0851. The highest BCUT2D eigenvalue weighted by Gasteiger charge is 2.25. The zero-order valence-electron chi connectivity index (χ0n) is 19.9. The fourth-order valence-corrected chi connectivity index (χ4v) is 4.85. The van der Waals surface area contributed by atoms with Crippen LogP contribution in [0.4, 0.5) is 5.69 Å². The van der Waals surface area contributed by atoms with Crippen molar-refractivity contribution in [3.05, 3.63) is 73.3 Å². The number of aliphatic hydroxyl groups excluding tert-OH is 1. The Balaban J connectivity index is 1.26. The van der Waals surface area contributed by atoms with Gasteiger partial charge in [-0.3, -0.25) is 15.1 Å². The molecule has 9 heteroatoms. The van der Waals surface area contributed by atoms with E-state index >= 15 is 0 Å². The molecule has 6 aromatic rings. The second-order valence-corrected chi connectivity index (χ2v) is 9.43. The first-order chi connectivity index (χ1) is 18.2. The van der Waals surface area contributed by atoms with Gasteiger partial charge in [-0.15, -0.1) is 0 Å². The van der Waals surface area contributed by atoms with Gasteiger partial charge >= 0.3 is 0 Å². The number of hydrogen-bond acceptors (Lipinski definition) is 7. The zero-order valence-corrected chi connectivity index (χ0v) is 19.9. The van der Waals surface area contributed by atoms with Crippen LogP contribution in [-0.2, 0) is 0 Å². The molecule has 0 aliphatic heterocycles.